The summed E-state index contributed by atoms with van der Waals surface area (Å²) in [7, 11) is 0. The van der Waals surface area contributed by atoms with Crippen molar-refractivity contribution in [3.8, 4) is 5.75 Å². The topological polar surface area (TPSA) is 35.5 Å². The molecule has 0 saturated carbocycles. The molecule has 0 heterocycles. The van der Waals surface area contributed by atoms with Crippen molar-refractivity contribution in [1.82, 2.24) is 0 Å². The van der Waals surface area contributed by atoms with E-state index in [1.54, 1.807) is 13.0 Å². The molecule has 18 heavy (non-hydrogen) atoms. The lowest BCUT2D eigenvalue weighted by Crippen LogP contribution is -2.08. The lowest BCUT2D eigenvalue weighted by molar-refractivity contribution is 0.0522. The van der Waals surface area contributed by atoms with Gasteiger partial charge in [0.25, 0.3) is 0 Å². The van der Waals surface area contributed by atoms with Gasteiger partial charge in [-0.2, -0.15) is 0 Å². The van der Waals surface area contributed by atoms with Crippen molar-refractivity contribution in [2.75, 3.05) is 18.5 Å². The number of hydrogen-bond acceptors (Lipinski definition) is 3. The van der Waals surface area contributed by atoms with Crippen LogP contribution in [-0.4, -0.2) is 24.5 Å². The number of aryl methyl sites for hydroxylation is 1. The van der Waals surface area contributed by atoms with Gasteiger partial charge in [-0.3, -0.25) is 0 Å². The number of carbonyl (C=O) groups excluding carboxylic acids is 1. The van der Waals surface area contributed by atoms with Crippen LogP contribution in [0.1, 0.15) is 36.2 Å². The van der Waals surface area contributed by atoms with Gasteiger partial charge in [0.05, 0.1) is 13.2 Å². The molecule has 0 amide bonds. The molecular weight excluding hydrogens is 296 g/mol. The highest BCUT2D eigenvalue weighted by Crippen LogP contribution is 2.22. The van der Waals surface area contributed by atoms with Crippen LogP contribution in [0, 0.1) is 0 Å². The van der Waals surface area contributed by atoms with Crippen LogP contribution in [0.25, 0.3) is 0 Å². The SMILES string of the molecule is CCOC(=O)c1ccc(CCCBr)cc1OCC. The predicted molar refractivity (Wildman–Crippen MR) is 75.7 cm³/mol. The second kappa shape index (κ2) is 8.14. The minimum atomic E-state index is -0.326. The molecule has 0 atom stereocenters. The monoisotopic (exact) mass is 314 g/mol. The molecule has 1 aromatic carbocycles. The molecule has 0 fully saturated rings. The number of carbonyl (C=O) groups is 1. The number of hydrogen-bond donors (Lipinski definition) is 0. The normalized spacial score (nSPS) is 10.2. The number of halogens is 1. The van der Waals surface area contributed by atoms with E-state index < -0.39 is 0 Å². The van der Waals surface area contributed by atoms with Crippen molar-refractivity contribution in [2.45, 2.75) is 26.7 Å². The first-order chi connectivity index (χ1) is 8.72. The van der Waals surface area contributed by atoms with Gasteiger partial charge >= 0.3 is 5.97 Å². The highest BCUT2D eigenvalue weighted by Gasteiger charge is 2.14. The van der Waals surface area contributed by atoms with Crippen molar-refractivity contribution < 1.29 is 14.3 Å². The Morgan fingerprint density at radius 2 is 2.06 bits per heavy atom. The Kier molecular flexibility index (Phi) is 6.80. The molecule has 4 heteroatoms. The van der Waals surface area contributed by atoms with Gasteiger partial charge in [-0.15, -0.1) is 0 Å². The van der Waals surface area contributed by atoms with Gasteiger partial charge in [0.2, 0.25) is 0 Å². The fourth-order valence-electron chi connectivity index (χ4n) is 1.65. The van der Waals surface area contributed by atoms with Crippen molar-refractivity contribution in [1.29, 1.82) is 0 Å². The van der Waals surface area contributed by atoms with E-state index in [9.17, 15) is 4.79 Å². The zero-order valence-corrected chi connectivity index (χ0v) is 12.5. The Bertz CT molecular complexity index is 391. The fraction of sp³-hybridized carbons (Fsp3) is 0.500. The Morgan fingerprint density at radius 1 is 1.28 bits per heavy atom. The van der Waals surface area contributed by atoms with E-state index >= 15 is 0 Å². The second-order valence-electron chi connectivity index (χ2n) is 3.78. The van der Waals surface area contributed by atoms with Crippen molar-refractivity contribution >= 4 is 21.9 Å². The molecule has 0 radical (unpaired) electrons. The van der Waals surface area contributed by atoms with Crippen LogP contribution in [0.15, 0.2) is 18.2 Å². The molecular formula is C14H19BrO3. The molecule has 1 aromatic rings. The summed E-state index contributed by atoms with van der Waals surface area (Å²) in [6.07, 6.45) is 2.03. The van der Waals surface area contributed by atoms with E-state index in [1.807, 2.05) is 19.1 Å². The summed E-state index contributed by atoms with van der Waals surface area (Å²) >= 11 is 3.41. The maximum Gasteiger partial charge on any atom is 0.341 e. The van der Waals surface area contributed by atoms with Crippen LogP contribution >= 0.6 is 15.9 Å². The first-order valence-electron chi connectivity index (χ1n) is 6.21. The summed E-state index contributed by atoms with van der Waals surface area (Å²) in [6.45, 7) is 4.60. The highest BCUT2D eigenvalue weighted by atomic mass is 79.9. The average molecular weight is 315 g/mol. The Morgan fingerprint density at radius 3 is 2.67 bits per heavy atom. The maximum absolute atomic E-state index is 11.8. The van der Waals surface area contributed by atoms with Crippen molar-refractivity contribution in [3.05, 3.63) is 29.3 Å². The van der Waals surface area contributed by atoms with Gasteiger partial charge < -0.3 is 9.47 Å². The van der Waals surface area contributed by atoms with Gasteiger partial charge in [0, 0.05) is 5.33 Å². The summed E-state index contributed by atoms with van der Waals surface area (Å²) in [6, 6.07) is 5.67. The molecule has 0 unspecified atom stereocenters. The zero-order chi connectivity index (χ0) is 13.4. The molecule has 0 aromatic heterocycles. The highest BCUT2D eigenvalue weighted by molar-refractivity contribution is 9.09. The average Bonchev–Trinajstić information content (AvgIpc) is 2.37. The fourth-order valence-corrected chi connectivity index (χ4v) is 1.93. The molecule has 0 aliphatic rings. The maximum atomic E-state index is 11.8. The third-order valence-corrected chi connectivity index (χ3v) is 3.00. The quantitative estimate of drug-likeness (QED) is 0.570. The van der Waals surface area contributed by atoms with E-state index in [0.717, 1.165) is 18.2 Å². The van der Waals surface area contributed by atoms with Crippen LogP contribution in [0.2, 0.25) is 0 Å². The summed E-state index contributed by atoms with van der Waals surface area (Å²) < 4.78 is 10.5. The zero-order valence-electron chi connectivity index (χ0n) is 10.9. The van der Waals surface area contributed by atoms with Gasteiger partial charge in [0.15, 0.2) is 0 Å². The number of ether oxygens (including phenoxy) is 2. The summed E-state index contributed by atoms with van der Waals surface area (Å²) in [4.78, 5) is 11.8. The van der Waals surface area contributed by atoms with Crippen LogP contribution < -0.4 is 4.74 Å². The molecule has 0 spiro atoms. The first-order valence-corrected chi connectivity index (χ1v) is 7.33. The molecule has 3 nitrogen and oxygen atoms in total. The number of rotatable bonds is 7. The van der Waals surface area contributed by atoms with Crippen LogP contribution in [0.3, 0.4) is 0 Å². The summed E-state index contributed by atoms with van der Waals surface area (Å²) in [5.74, 6) is 0.288. The first kappa shape index (κ1) is 15.0. The van der Waals surface area contributed by atoms with Gasteiger partial charge in [0.1, 0.15) is 11.3 Å². The molecule has 100 valence electrons. The minimum absolute atomic E-state index is 0.326. The van der Waals surface area contributed by atoms with Crippen LogP contribution in [0.4, 0.5) is 0 Å². The smallest absolute Gasteiger partial charge is 0.341 e. The van der Waals surface area contributed by atoms with E-state index in [1.165, 1.54) is 5.56 Å². The van der Waals surface area contributed by atoms with E-state index in [4.69, 9.17) is 9.47 Å². The molecule has 0 N–H and O–H groups in total. The van der Waals surface area contributed by atoms with Gasteiger partial charge in [-0.1, -0.05) is 22.0 Å². The predicted octanol–water partition coefficient (Wildman–Crippen LogP) is 3.59. The second-order valence-corrected chi connectivity index (χ2v) is 4.57. The molecule has 1 rings (SSSR count). The number of esters is 1. The van der Waals surface area contributed by atoms with Crippen molar-refractivity contribution in [3.63, 3.8) is 0 Å². The third kappa shape index (κ3) is 4.33. The van der Waals surface area contributed by atoms with E-state index in [-0.39, 0.29) is 5.97 Å². The van der Waals surface area contributed by atoms with Crippen molar-refractivity contribution in [2.24, 2.45) is 0 Å². The van der Waals surface area contributed by atoms with E-state index in [2.05, 4.69) is 15.9 Å². The third-order valence-electron chi connectivity index (χ3n) is 2.44. The standard InChI is InChI=1S/C14H19BrO3/c1-3-17-13-10-11(6-5-9-15)7-8-12(13)14(16)18-4-2/h7-8,10H,3-6,9H2,1-2H3. The Hall–Kier alpha value is -1.03. The van der Waals surface area contributed by atoms with Crippen LogP contribution in [-0.2, 0) is 11.2 Å². The number of benzene rings is 1. The largest absolute Gasteiger partial charge is 0.493 e. The molecule has 0 aliphatic heterocycles. The lowest BCUT2D eigenvalue weighted by atomic mass is 10.1. The van der Waals surface area contributed by atoms with Gasteiger partial charge in [-0.25, -0.2) is 4.79 Å². The van der Waals surface area contributed by atoms with E-state index in [0.29, 0.717) is 24.5 Å². The Balaban J connectivity index is 2.92. The van der Waals surface area contributed by atoms with Gasteiger partial charge in [-0.05, 0) is 44.4 Å². The molecule has 0 bridgehead atoms. The summed E-state index contributed by atoms with van der Waals surface area (Å²) in [5.41, 5.74) is 1.67. The lowest BCUT2D eigenvalue weighted by Gasteiger charge is -2.11. The van der Waals surface area contributed by atoms with Crippen LogP contribution in [0.5, 0.6) is 5.75 Å². The minimum Gasteiger partial charge on any atom is -0.493 e. The molecule has 0 aliphatic carbocycles. The number of alkyl halides is 1. The summed E-state index contributed by atoms with van der Waals surface area (Å²) in [5, 5.41) is 0.969. The Labute approximate surface area is 117 Å². The molecule has 0 saturated heterocycles.